The topological polar surface area (TPSA) is 105 Å². The second-order valence-electron chi connectivity index (χ2n) is 7.83. The largest absolute Gasteiger partial charge is 0.465 e. The van der Waals surface area contributed by atoms with Gasteiger partial charge in [-0.15, -0.1) is 11.3 Å². The van der Waals surface area contributed by atoms with Crippen molar-refractivity contribution >= 4 is 33.6 Å². The summed E-state index contributed by atoms with van der Waals surface area (Å²) in [5.74, 6) is 0.380. The van der Waals surface area contributed by atoms with Crippen molar-refractivity contribution in [2.75, 3.05) is 39.9 Å². The Labute approximate surface area is 179 Å². The van der Waals surface area contributed by atoms with Crippen LogP contribution in [0.4, 0.5) is 4.79 Å². The number of aromatic nitrogens is 2. The van der Waals surface area contributed by atoms with E-state index in [1.165, 1.54) is 18.4 Å². The van der Waals surface area contributed by atoms with Crippen LogP contribution < -0.4 is 5.56 Å². The van der Waals surface area contributed by atoms with Crippen LogP contribution in [0.15, 0.2) is 4.79 Å². The van der Waals surface area contributed by atoms with Gasteiger partial charge in [-0.1, -0.05) is 13.8 Å². The minimum atomic E-state index is -0.464. The maximum atomic E-state index is 12.6. The van der Waals surface area contributed by atoms with Gasteiger partial charge in [-0.2, -0.15) is 0 Å². The lowest BCUT2D eigenvalue weighted by atomic mass is 10.2. The molecule has 0 radical (unpaired) electrons. The molecule has 2 aromatic heterocycles. The first-order valence-corrected chi connectivity index (χ1v) is 10.9. The van der Waals surface area contributed by atoms with Crippen molar-refractivity contribution in [1.82, 2.24) is 19.8 Å². The number of esters is 1. The maximum absolute atomic E-state index is 12.6. The van der Waals surface area contributed by atoms with Crippen LogP contribution in [0, 0.1) is 12.8 Å². The van der Waals surface area contributed by atoms with Crippen LogP contribution in [-0.2, 0) is 16.0 Å². The van der Waals surface area contributed by atoms with E-state index in [-0.39, 0.29) is 11.7 Å². The molecule has 2 aromatic rings. The van der Waals surface area contributed by atoms with Crippen molar-refractivity contribution in [2.24, 2.45) is 5.92 Å². The molecule has 9 nitrogen and oxygen atoms in total. The van der Waals surface area contributed by atoms with Gasteiger partial charge in [0.1, 0.15) is 15.5 Å². The third-order valence-electron chi connectivity index (χ3n) is 4.98. The summed E-state index contributed by atoms with van der Waals surface area (Å²) in [5.41, 5.74) is 0.333. The molecule has 3 heterocycles. The van der Waals surface area contributed by atoms with Gasteiger partial charge in [0.2, 0.25) is 0 Å². The van der Waals surface area contributed by atoms with Crippen molar-refractivity contribution in [3.05, 3.63) is 26.6 Å². The number of rotatable bonds is 5. The van der Waals surface area contributed by atoms with Crippen LogP contribution in [0.25, 0.3) is 10.2 Å². The monoisotopic (exact) mass is 436 g/mol. The van der Waals surface area contributed by atoms with Crippen LogP contribution in [0.3, 0.4) is 0 Å². The zero-order chi connectivity index (χ0) is 21.8. The molecule has 0 aliphatic carbocycles. The fraction of sp³-hybridized carbons (Fsp3) is 0.600. The number of H-pyrrole nitrogens is 1. The van der Waals surface area contributed by atoms with Crippen molar-refractivity contribution in [1.29, 1.82) is 0 Å². The number of thiophene rings is 1. The van der Waals surface area contributed by atoms with E-state index in [1.54, 1.807) is 11.8 Å². The van der Waals surface area contributed by atoms with Crippen molar-refractivity contribution in [3.63, 3.8) is 0 Å². The number of aryl methyl sites for hydroxylation is 1. The molecule has 1 aliphatic rings. The first kappa shape index (κ1) is 22.2. The molecule has 1 fully saturated rings. The number of carbonyl (C=O) groups is 2. The molecule has 1 N–H and O–H groups in total. The Bertz CT molecular complexity index is 983. The van der Waals surface area contributed by atoms with Gasteiger partial charge in [-0.05, 0) is 24.8 Å². The molecule has 10 heteroatoms. The quantitative estimate of drug-likeness (QED) is 0.718. The van der Waals surface area contributed by atoms with Gasteiger partial charge in [0.25, 0.3) is 5.56 Å². The van der Waals surface area contributed by atoms with E-state index in [2.05, 4.69) is 14.9 Å². The molecule has 30 heavy (non-hydrogen) atoms. The minimum Gasteiger partial charge on any atom is -0.465 e. The number of hydrogen-bond donors (Lipinski definition) is 1. The smallest absolute Gasteiger partial charge is 0.409 e. The average Bonchev–Trinajstić information content (AvgIpc) is 2.87. The van der Waals surface area contributed by atoms with Crippen LogP contribution in [-0.4, -0.2) is 71.7 Å². The molecular formula is C20H28N4O5S. The molecule has 0 saturated carbocycles. The summed E-state index contributed by atoms with van der Waals surface area (Å²) in [7, 11) is 1.32. The van der Waals surface area contributed by atoms with Gasteiger partial charge in [-0.25, -0.2) is 14.6 Å². The lowest BCUT2D eigenvalue weighted by Gasteiger charge is -2.21. The number of fused-ring (bicyclic) bond motifs is 1. The zero-order valence-corrected chi connectivity index (χ0v) is 18.6. The highest BCUT2D eigenvalue weighted by Crippen LogP contribution is 2.27. The predicted molar refractivity (Wildman–Crippen MR) is 114 cm³/mol. The molecule has 1 aliphatic heterocycles. The third-order valence-corrected chi connectivity index (χ3v) is 6.15. The van der Waals surface area contributed by atoms with E-state index in [4.69, 9.17) is 9.47 Å². The molecule has 0 aromatic carbocycles. The Morgan fingerprint density at radius 1 is 1.23 bits per heavy atom. The summed E-state index contributed by atoms with van der Waals surface area (Å²) in [4.78, 5) is 48.9. The van der Waals surface area contributed by atoms with Crippen molar-refractivity contribution < 1.29 is 19.1 Å². The Balaban J connectivity index is 1.70. The van der Waals surface area contributed by atoms with Gasteiger partial charge in [0, 0.05) is 26.2 Å². The van der Waals surface area contributed by atoms with E-state index >= 15 is 0 Å². The summed E-state index contributed by atoms with van der Waals surface area (Å²) in [6, 6.07) is 0. The normalized spacial score (nSPS) is 15.4. The fourth-order valence-electron chi connectivity index (χ4n) is 3.40. The lowest BCUT2D eigenvalue weighted by molar-refractivity contribution is 0.0605. The SMILES string of the molecule is COC(=O)c1sc2nc(CN3CCCN(C(=O)OCC(C)C)CC3)[nH]c(=O)c2c1C. The molecule has 3 rings (SSSR count). The van der Waals surface area contributed by atoms with Crippen LogP contribution in [0.1, 0.15) is 41.3 Å². The van der Waals surface area contributed by atoms with Crippen molar-refractivity contribution in [3.8, 4) is 0 Å². The van der Waals surface area contributed by atoms with Gasteiger partial charge < -0.3 is 19.4 Å². The number of amides is 1. The standard InChI is InChI=1S/C20H28N4O5S/c1-12(2)11-29-20(27)24-7-5-6-23(8-9-24)10-14-21-17(25)15-13(3)16(19(26)28-4)30-18(15)22-14/h12H,5-11H2,1-4H3,(H,21,22,25). The second kappa shape index (κ2) is 9.57. The third kappa shape index (κ3) is 4.99. The van der Waals surface area contributed by atoms with Crippen molar-refractivity contribution in [2.45, 2.75) is 33.7 Å². The summed E-state index contributed by atoms with van der Waals surface area (Å²) in [6.45, 7) is 9.27. The van der Waals surface area contributed by atoms with Crippen LogP contribution >= 0.6 is 11.3 Å². The summed E-state index contributed by atoms with van der Waals surface area (Å²) in [5, 5.41) is 0.430. The Hall–Kier alpha value is -2.46. The van der Waals surface area contributed by atoms with Crippen LogP contribution in [0.2, 0.25) is 0 Å². The van der Waals surface area contributed by atoms with Gasteiger partial charge in [0.15, 0.2) is 0 Å². The highest BCUT2D eigenvalue weighted by molar-refractivity contribution is 7.20. The molecular weight excluding hydrogens is 408 g/mol. The molecule has 164 valence electrons. The number of aromatic amines is 1. The number of nitrogens with zero attached hydrogens (tertiary/aromatic N) is 3. The molecule has 1 amide bonds. The molecule has 0 unspecified atom stereocenters. The summed E-state index contributed by atoms with van der Waals surface area (Å²) >= 11 is 1.17. The van der Waals surface area contributed by atoms with E-state index in [0.717, 1.165) is 13.0 Å². The average molecular weight is 437 g/mol. The van der Waals surface area contributed by atoms with Gasteiger partial charge >= 0.3 is 12.1 Å². The summed E-state index contributed by atoms with van der Waals surface area (Å²) in [6.07, 6.45) is 0.538. The number of methoxy groups -OCH3 is 1. The van der Waals surface area contributed by atoms with Gasteiger partial charge in [-0.3, -0.25) is 9.69 Å². The number of hydrogen-bond acceptors (Lipinski definition) is 8. The minimum absolute atomic E-state index is 0.257. The lowest BCUT2D eigenvalue weighted by Crippen LogP contribution is -2.36. The highest BCUT2D eigenvalue weighted by atomic mass is 32.1. The summed E-state index contributed by atoms with van der Waals surface area (Å²) < 4.78 is 10.1. The Morgan fingerprint density at radius 3 is 2.70 bits per heavy atom. The molecule has 0 bridgehead atoms. The second-order valence-corrected chi connectivity index (χ2v) is 8.83. The van der Waals surface area contributed by atoms with E-state index in [9.17, 15) is 14.4 Å². The van der Waals surface area contributed by atoms with E-state index < -0.39 is 5.97 Å². The number of ether oxygens (including phenoxy) is 2. The van der Waals surface area contributed by atoms with E-state index in [0.29, 0.717) is 65.2 Å². The first-order valence-electron chi connectivity index (χ1n) is 10.0. The van der Waals surface area contributed by atoms with Crippen LogP contribution in [0.5, 0.6) is 0 Å². The maximum Gasteiger partial charge on any atom is 0.409 e. The zero-order valence-electron chi connectivity index (χ0n) is 17.8. The predicted octanol–water partition coefficient (Wildman–Crippen LogP) is 2.38. The van der Waals surface area contributed by atoms with Gasteiger partial charge in [0.05, 0.1) is 25.6 Å². The number of nitrogens with one attached hydrogen (secondary N) is 1. The first-order chi connectivity index (χ1) is 14.3. The number of carbonyl (C=O) groups excluding carboxylic acids is 2. The fourth-order valence-corrected chi connectivity index (χ4v) is 4.52. The molecule has 1 saturated heterocycles. The molecule has 0 spiro atoms. The Kier molecular flexibility index (Phi) is 7.09. The Morgan fingerprint density at radius 2 is 2.00 bits per heavy atom. The highest BCUT2D eigenvalue weighted by Gasteiger charge is 2.23. The molecule has 0 atom stereocenters. The van der Waals surface area contributed by atoms with E-state index in [1.807, 2.05) is 13.8 Å².